The molecule has 3 heteroatoms. The molecule has 0 atom stereocenters. The summed E-state index contributed by atoms with van der Waals surface area (Å²) in [6.45, 7) is 3.33. The van der Waals surface area contributed by atoms with Crippen molar-refractivity contribution in [2.24, 2.45) is 0 Å². The normalized spacial score (nSPS) is 11.2. The fourth-order valence-electron chi connectivity index (χ4n) is 2.68. The van der Waals surface area contributed by atoms with Crippen molar-refractivity contribution in [1.82, 2.24) is 9.55 Å². The highest BCUT2D eigenvalue weighted by Crippen LogP contribution is 2.17. The van der Waals surface area contributed by atoms with Crippen LogP contribution in [-0.4, -0.2) is 9.55 Å². The molecule has 0 aliphatic rings. The first-order chi connectivity index (χ1) is 9.81. The number of aryl methyl sites for hydroxylation is 1. The number of rotatable bonds is 9. The first-order valence-corrected chi connectivity index (χ1v) is 8.01. The van der Waals surface area contributed by atoms with Crippen molar-refractivity contribution in [2.45, 2.75) is 64.8 Å². The van der Waals surface area contributed by atoms with Gasteiger partial charge < -0.3 is 10.3 Å². The maximum absolute atomic E-state index is 5.77. The summed E-state index contributed by atoms with van der Waals surface area (Å²) in [6.07, 6.45) is 12.8. The lowest BCUT2D eigenvalue weighted by Crippen LogP contribution is -1.96. The van der Waals surface area contributed by atoms with Crippen LogP contribution in [0.2, 0.25) is 0 Å². The summed E-state index contributed by atoms with van der Waals surface area (Å²) in [4.78, 5) is 4.41. The van der Waals surface area contributed by atoms with Crippen LogP contribution < -0.4 is 5.73 Å². The Morgan fingerprint density at radius 2 is 1.70 bits per heavy atom. The van der Waals surface area contributed by atoms with Crippen molar-refractivity contribution in [1.29, 1.82) is 0 Å². The Balaban J connectivity index is 1.68. The Hall–Kier alpha value is -1.51. The van der Waals surface area contributed by atoms with Crippen molar-refractivity contribution in [3.8, 4) is 0 Å². The van der Waals surface area contributed by atoms with E-state index in [0.717, 1.165) is 17.7 Å². The third-order valence-electron chi connectivity index (χ3n) is 3.90. The van der Waals surface area contributed by atoms with E-state index in [0.29, 0.717) is 0 Å². The maximum Gasteiger partial charge on any atom is 0.0958 e. The predicted octanol–water partition coefficient (Wildman–Crippen LogP) is 4.76. The summed E-state index contributed by atoms with van der Waals surface area (Å²) < 4.78 is 2.24. The molecule has 20 heavy (non-hydrogen) atoms. The number of aromatic nitrogens is 2. The second-order valence-corrected chi connectivity index (χ2v) is 5.66. The van der Waals surface area contributed by atoms with Gasteiger partial charge in [0, 0.05) is 12.2 Å². The molecule has 0 aliphatic heterocycles. The van der Waals surface area contributed by atoms with Gasteiger partial charge in [-0.05, 0) is 24.6 Å². The summed E-state index contributed by atoms with van der Waals surface area (Å²) in [7, 11) is 0. The van der Waals surface area contributed by atoms with E-state index >= 15 is 0 Å². The molecular weight excluding hydrogens is 246 g/mol. The first-order valence-electron chi connectivity index (χ1n) is 8.01. The molecule has 0 bridgehead atoms. The summed E-state index contributed by atoms with van der Waals surface area (Å²) >= 11 is 0. The molecule has 110 valence electrons. The number of nitrogens with zero attached hydrogens (tertiary/aromatic N) is 2. The minimum absolute atomic E-state index is 0.787. The number of fused-ring (bicyclic) bond motifs is 1. The summed E-state index contributed by atoms with van der Waals surface area (Å²) in [5, 5.41) is 0. The largest absolute Gasteiger partial charge is 0.399 e. The average Bonchev–Trinajstić information content (AvgIpc) is 2.84. The minimum Gasteiger partial charge on any atom is -0.399 e. The van der Waals surface area contributed by atoms with Crippen LogP contribution in [0.15, 0.2) is 24.5 Å². The van der Waals surface area contributed by atoms with Crippen molar-refractivity contribution in [3.63, 3.8) is 0 Å². The molecule has 0 saturated carbocycles. The Kier molecular flexibility index (Phi) is 5.90. The van der Waals surface area contributed by atoms with Crippen LogP contribution in [0, 0.1) is 0 Å². The van der Waals surface area contributed by atoms with E-state index in [9.17, 15) is 0 Å². The molecule has 1 aromatic heterocycles. The highest BCUT2D eigenvalue weighted by molar-refractivity contribution is 5.78. The Labute approximate surface area is 122 Å². The number of imidazole rings is 1. The van der Waals surface area contributed by atoms with Crippen molar-refractivity contribution < 1.29 is 0 Å². The van der Waals surface area contributed by atoms with Crippen LogP contribution in [0.4, 0.5) is 5.69 Å². The van der Waals surface area contributed by atoms with Crippen LogP contribution >= 0.6 is 0 Å². The highest BCUT2D eigenvalue weighted by Gasteiger charge is 2.02. The minimum atomic E-state index is 0.787. The lowest BCUT2D eigenvalue weighted by Gasteiger charge is -2.05. The Bertz CT molecular complexity index is 516. The van der Waals surface area contributed by atoms with E-state index < -0.39 is 0 Å². The van der Waals surface area contributed by atoms with Gasteiger partial charge in [0.25, 0.3) is 0 Å². The van der Waals surface area contributed by atoms with Gasteiger partial charge in [-0.15, -0.1) is 0 Å². The van der Waals surface area contributed by atoms with E-state index in [-0.39, 0.29) is 0 Å². The third-order valence-corrected chi connectivity index (χ3v) is 3.90. The first kappa shape index (κ1) is 14.9. The SMILES string of the molecule is CCCCCCCCCCn1cnc2cc(N)ccc21. The molecule has 1 heterocycles. The number of hydrogen-bond donors (Lipinski definition) is 1. The van der Waals surface area contributed by atoms with Gasteiger partial charge in [-0.25, -0.2) is 4.98 Å². The number of nitrogens with two attached hydrogens (primary N) is 1. The molecular formula is C17H27N3. The molecule has 3 nitrogen and oxygen atoms in total. The van der Waals surface area contributed by atoms with Gasteiger partial charge in [-0.2, -0.15) is 0 Å². The zero-order valence-electron chi connectivity index (χ0n) is 12.6. The van der Waals surface area contributed by atoms with Gasteiger partial charge in [0.15, 0.2) is 0 Å². The maximum atomic E-state index is 5.77. The second-order valence-electron chi connectivity index (χ2n) is 5.66. The zero-order valence-corrected chi connectivity index (χ0v) is 12.6. The van der Waals surface area contributed by atoms with Gasteiger partial charge in [0.05, 0.1) is 17.4 Å². The van der Waals surface area contributed by atoms with Gasteiger partial charge in [0.1, 0.15) is 0 Å². The van der Waals surface area contributed by atoms with Crippen molar-refractivity contribution in [2.75, 3.05) is 5.73 Å². The number of hydrogen-bond acceptors (Lipinski definition) is 2. The molecule has 0 fully saturated rings. The van der Waals surface area contributed by atoms with Crippen molar-refractivity contribution in [3.05, 3.63) is 24.5 Å². The number of nitrogen functional groups attached to an aromatic ring is 1. The molecule has 0 amide bonds. The monoisotopic (exact) mass is 273 g/mol. The van der Waals surface area contributed by atoms with Gasteiger partial charge in [-0.1, -0.05) is 51.9 Å². The predicted molar refractivity (Wildman–Crippen MR) is 86.8 cm³/mol. The quantitative estimate of drug-likeness (QED) is 0.529. The topological polar surface area (TPSA) is 43.8 Å². The van der Waals surface area contributed by atoms with E-state index in [1.807, 2.05) is 18.5 Å². The standard InChI is InChI=1S/C17H27N3/c1-2-3-4-5-6-7-8-9-12-20-14-19-16-13-15(18)10-11-17(16)20/h10-11,13-14H,2-9,12,18H2,1H3. The average molecular weight is 273 g/mol. The molecule has 0 aliphatic carbocycles. The molecule has 0 saturated heterocycles. The summed E-state index contributed by atoms with van der Waals surface area (Å²) in [5.74, 6) is 0. The second kappa shape index (κ2) is 7.93. The molecule has 2 N–H and O–H groups in total. The fraction of sp³-hybridized carbons (Fsp3) is 0.588. The third kappa shape index (κ3) is 4.26. The molecule has 1 aromatic carbocycles. The Morgan fingerprint density at radius 3 is 2.45 bits per heavy atom. The van der Waals surface area contributed by atoms with Crippen LogP contribution in [0.1, 0.15) is 58.3 Å². The van der Waals surface area contributed by atoms with E-state index in [2.05, 4.69) is 22.5 Å². The van der Waals surface area contributed by atoms with Crippen molar-refractivity contribution >= 4 is 16.7 Å². The van der Waals surface area contributed by atoms with Gasteiger partial charge in [0.2, 0.25) is 0 Å². The smallest absolute Gasteiger partial charge is 0.0958 e. The van der Waals surface area contributed by atoms with Crippen LogP contribution in [-0.2, 0) is 6.54 Å². The van der Waals surface area contributed by atoms with Gasteiger partial charge in [-0.3, -0.25) is 0 Å². The number of anilines is 1. The van der Waals surface area contributed by atoms with E-state index in [1.54, 1.807) is 0 Å². The lowest BCUT2D eigenvalue weighted by molar-refractivity contribution is 0.548. The molecule has 0 radical (unpaired) electrons. The molecule has 2 aromatic rings. The Morgan fingerprint density at radius 1 is 1.00 bits per heavy atom. The highest BCUT2D eigenvalue weighted by atomic mass is 15.0. The summed E-state index contributed by atoms with van der Waals surface area (Å²) in [6, 6.07) is 5.97. The van der Waals surface area contributed by atoms with Crippen LogP contribution in [0.25, 0.3) is 11.0 Å². The lowest BCUT2D eigenvalue weighted by atomic mass is 10.1. The summed E-state index contributed by atoms with van der Waals surface area (Å²) in [5.41, 5.74) is 8.76. The number of unbranched alkanes of at least 4 members (excludes halogenated alkanes) is 7. The molecule has 2 rings (SSSR count). The van der Waals surface area contributed by atoms with E-state index in [4.69, 9.17) is 5.73 Å². The molecule has 0 spiro atoms. The van der Waals surface area contributed by atoms with E-state index in [1.165, 1.54) is 56.9 Å². The zero-order chi connectivity index (χ0) is 14.2. The molecule has 0 unspecified atom stereocenters. The van der Waals surface area contributed by atoms with Crippen LogP contribution in [0.3, 0.4) is 0 Å². The van der Waals surface area contributed by atoms with Crippen LogP contribution in [0.5, 0.6) is 0 Å². The number of benzene rings is 1. The van der Waals surface area contributed by atoms with Gasteiger partial charge >= 0.3 is 0 Å². The fourth-order valence-corrected chi connectivity index (χ4v) is 2.68.